The molecular formula is C23H26N6OS. The van der Waals surface area contributed by atoms with Gasteiger partial charge in [-0.05, 0) is 43.7 Å². The van der Waals surface area contributed by atoms with E-state index in [1.807, 2.05) is 18.3 Å². The van der Waals surface area contributed by atoms with Gasteiger partial charge in [-0.25, -0.2) is 4.98 Å². The lowest BCUT2D eigenvalue weighted by Crippen LogP contribution is -2.45. The van der Waals surface area contributed by atoms with Crippen LogP contribution in [0.2, 0.25) is 0 Å². The number of likely N-dealkylation sites (tertiary alicyclic amines) is 1. The van der Waals surface area contributed by atoms with Crippen LogP contribution in [0.15, 0.2) is 30.5 Å². The van der Waals surface area contributed by atoms with E-state index in [1.54, 1.807) is 17.0 Å². The van der Waals surface area contributed by atoms with E-state index in [2.05, 4.69) is 11.4 Å². The Bertz CT molecular complexity index is 1030. The maximum atomic E-state index is 13.1. The quantitative estimate of drug-likeness (QED) is 0.578. The normalized spacial score (nSPS) is 19.0. The fraction of sp³-hybridized carbons (Fsp3) is 0.391. The number of allylic oxidation sites excluding steroid dienone is 1. The number of carbonyl (C=O) groups excluding carboxylic acids is 1. The minimum absolute atomic E-state index is 0.00112. The topological polar surface area (TPSA) is 119 Å². The summed E-state index contributed by atoms with van der Waals surface area (Å²) in [5.74, 6) is 0.597. The van der Waals surface area contributed by atoms with Gasteiger partial charge in [-0.3, -0.25) is 4.79 Å². The first kappa shape index (κ1) is 21.2. The largest absolute Gasteiger partial charge is 0.390 e. The molecule has 31 heavy (non-hydrogen) atoms. The van der Waals surface area contributed by atoms with Crippen LogP contribution in [-0.4, -0.2) is 47.7 Å². The van der Waals surface area contributed by atoms with Crippen LogP contribution in [0.25, 0.3) is 16.8 Å². The second kappa shape index (κ2) is 9.41. The molecule has 0 spiro atoms. The highest BCUT2D eigenvalue weighted by molar-refractivity contribution is 7.15. The number of carbonyl (C=O) groups is 1. The van der Waals surface area contributed by atoms with Crippen molar-refractivity contribution in [2.45, 2.75) is 31.7 Å². The summed E-state index contributed by atoms with van der Waals surface area (Å²) in [6, 6.07) is 9.27. The number of aromatic nitrogens is 1. The Labute approximate surface area is 186 Å². The van der Waals surface area contributed by atoms with Crippen molar-refractivity contribution in [2.75, 3.05) is 19.6 Å². The molecule has 2 heterocycles. The van der Waals surface area contributed by atoms with Gasteiger partial charge in [0.25, 0.3) is 5.91 Å². The number of nitriles is 1. The number of benzene rings is 1. The van der Waals surface area contributed by atoms with Crippen LogP contribution < -0.4 is 11.1 Å². The first-order valence-corrected chi connectivity index (χ1v) is 11.4. The molecule has 0 unspecified atom stereocenters. The van der Waals surface area contributed by atoms with Gasteiger partial charge in [-0.2, -0.15) is 5.26 Å². The Morgan fingerprint density at radius 3 is 2.77 bits per heavy atom. The van der Waals surface area contributed by atoms with E-state index in [0.29, 0.717) is 40.8 Å². The number of piperidine rings is 1. The Morgan fingerprint density at radius 2 is 2.13 bits per heavy atom. The lowest BCUT2D eigenvalue weighted by Gasteiger charge is -2.30. The minimum atomic E-state index is -0.114. The van der Waals surface area contributed by atoms with Crippen molar-refractivity contribution in [3.63, 3.8) is 0 Å². The SMILES string of the molecule is N#Cc1ccc(-c2nc(C(=O)N3CCC[C@@H](N)C3)sc2/C(C=N)=C/NCC2CC2)cc1. The fourth-order valence-electron chi connectivity index (χ4n) is 3.67. The Balaban J connectivity index is 1.68. The summed E-state index contributed by atoms with van der Waals surface area (Å²) in [5.41, 5.74) is 8.78. The van der Waals surface area contributed by atoms with E-state index in [1.165, 1.54) is 30.4 Å². The standard InChI is InChI=1S/C23H26N6OS/c24-10-15-5-7-17(8-6-15)20-21(18(11-25)13-27-12-16-3-4-16)31-22(28-20)23(30)29-9-1-2-19(26)14-29/h5-8,11,13,16,19,25,27H,1-4,9,12,14,26H2/b18-13+,25-11?/t19-/m1/s1. The number of nitrogens with two attached hydrogens (primary N) is 1. The molecule has 1 amide bonds. The summed E-state index contributed by atoms with van der Waals surface area (Å²) < 4.78 is 0. The molecule has 2 aliphatic rings. The number of rotatable bonds is 7. The highest BCUT2D eigenvalue weighted by Crippen LogP contribution is 2.34. The first-order valence-electron chi connectivity index (χ1n) is 10.6. The molecule has 1 aliphatic carbocycles. The zero-order chi connectivity index (χ0) is 21.8. The number of nitrogens with one attached hydrogen (secondary N) is 2. The van der Waals surface area contributed by atoms with Crippen LogP contribution in [0.3, 0.4) is 0 Å². The predicted octanol–water partition coefficient (Wildman–Crippen LogP) is 3.24. The summed E-state index contributed by atoms with van der Waals surface area (Å²) in [6.07, 6.45) is 7.45. The van der Waals surface area contributed by atoms with Crippen molar-refractivity contribution in [3.05, 3.63) is 45.9 Å². The van der Waals surface area contributed by atoms with E-state index in [0.717, 1.165) is 29.8 Å². The van der Waals surface area contributed by atoms with Gasteiger partial charge in [-0.15, -0.1) is 11.3 Å². The van der Waals surface area contributed by atoms with Crippen LogP contribution in [0.5, 0.6) is 0 Å². The zero-order valence-corrected chi connectivity index (χ0v) is 18.1. The molecule has 1 saturated heterocycles. The zero-order valence-electron chi connectivity index (χ0n) is 17.3. The molecule has 1 atom stereocenters. The van der Waals surface area contributed by atoms with Crippen molar-refractivity contribution in [3.8, 4) is 17.3 Å². The smallest absolute Gasteiger partial charge is 0.282 e. The second-order valence-electron chi connectivity index (χ2n) is 8.14. The van der Waals surface area contributed by atoms with Crippen LogP contribution in [0.4, 0.5) is 0 Å². The van der Waals surface area contributed by atoms with Gasteiger partial charge in [0.1, 0.15) is 0 Å². The maximum Gasteiger partial charge on any atom is 0.282 e. The number of thiazole rings is 1. The summed E-state index contributed by atoms with van der Waals surface area (Å²) in [6.45, 7) is 2.11. The van der Waals surface area contributed by atoms with Gasteiger partial charge in [0.05, 0.1) is 22.2 Å². The summed E-state index contributed by atoms with van der Waals surface area (Å²) in [4.78, 5) is 20.4. The lowest BCUT2D eigenvalue weighted by molar-refractivity contribution is 0.0708. The van der Waals surface area contributed by atoms with Crippen molar-refractivity contribution in [1.82, 2.24) is 15.2 Å². The van der Waals surface area contributed by atoms with Crippen molar-refractivity contribution >= 4 is 29.0 Å². The number of nitrogens with zero attached hydrogens (tertiary/aromatic N) is 3. The van der Waals surface area contributed by atoms with Crippen molar-refractivity contribution in [1.29, 1.82) is 10.7 Å². The van der Waals surface area contributed by atoms with E-state index in [-0.39, 0.29) is 11.9 Å². The van der Waals surface area contributed by atoms with Gasteiger partial charge >= 0.3 is 0 Å². The molecule has 4 rings (SSSR count). The Morgan fingerprint density at radius 1 is 1.35 bits per heavy atom. The summed E-state index contributed by atoms with van der Waals surface area (Å²) in [5, 5.41) is 20.8. The molecule has 1 aliphatic heterocycles. The molecule has 2 aromatic rings. The highest BCUT2D eigenvalue weighted by atomic mass is 32.1. The fourth-order valence-corrected chi connectivity index (χ4v) is 4.71. The molecule has 160 valence electrons. The number of hydrogen-bond donors (Lipinski definition) is 3. The molecule has 2 fully saturated rings. The van der Waals surface area contributed by atoms with Gasteiger partial charge in [-0.1, -0.05) is 12.1 Å². The maximum absolute atomic E-state index is 13.1. The van der Waals surface area contributed by atoms with Crippen LogP contribution in [0.1, 0.15) is 45.9 Å². The molecular weight excluding hydrogens is 408 g/mol. The van der Waals surface area contributed by atoms with Crippen LogP contribution in [0, 0.1) is 22.7 Å². The van der Waals surface area contributed by atoms with E-state index in [9.17, 15) is 4.79 Å². The van der Waals surface area contributed by atoms with E-state index < -0.39 is 0 Å². The molecule has 1 saturated carbocycles. The van der Waals surface area contributed by atoms with Crippen molar-refractivity contribution < 1.29 is 4.79 Å². The number of hydrogen-bond acceptors (Lipinski definition) is 7. The minimum Gasteiger partial charge on any atom is -0.390 e. The summed E-state index contributed by atoms with van der Waals surface area (Å²) in [7, 11) is 0. The Kier molecular flexibility index (Phi) is 6.44. The molecule has 4 N–H and O–H groups in total. The molecule has 0 bridgehead atoms. The average molecular weight is 435 g/mol. The van der Waals surface area contributed by atoms with Gasteiger partial charge in [0.2, 0.25) is 0 Å². The van der Waals surface area contributed by atoms with Gasteiger partial charge in [0.15, 0.2) is 5.01 Å². The molecule has 1 aromatic heterocycles. The summed E-state index contributed by atoms with van der Waals surface area (Å²) >= 11 is 1.31. The number of amides is 1. The third-order valence-electron chi connectivity index (χ3n) is 5.62. The molecule has 1 aromatic carbocycles. The van der Waals surface area contributed by atoms with Gasteiger partial charge < -0.3 is 21.4 Å². The third-order valence-corrected chi connectivity index (χ3v) is 6.71. The first-order chi connectivity index (χ1) is 15.1. The molecule has 8 heteroatoms. The van der Waals surface area contributed by atoms with Gasteiger partial charge in [0, 0.05) is 49.2 Å². The molecule has 7 nitrogen and oxygen atoms in total. The van der Waals surface area contributed by atoms with Crippen molar-refractivity contribution in [2.24, 2.45) is 11.7 Å². The predicted molar refractivity (Wildman–Crippen MR) is 123 cm³/mol. The third kappa shape index (κ3) is 5.01. The molecule has 0 radical (unpaired) electrons. The van der Waals surface area contributed by atoms with E-state index >= 15 is 0 Å². The highest BCUT2D eigenvalue weighted by Gasteiger charge is 2.27. The van der Waals surface area contributed by atoms with Crippen LogP contribution in [-0.2, 0) is 0 Å². The lowest BCUT2D eigenvalue weighted by atomic mass is 10.1. The second-order valence-corrected chi connectivity index (χ2v) is 9.13. The monoisotopic (exact) mass is 434 g/mol. The van der Waals surface area contributed by atoms with E-state index in [4.69, 9.17) is 21.4 Å². The Hall–Kier alpha value is -3.02. The van der Waals surface area contributed by atoms with Crippen LogP contribution >= 0.6 is 11.3 Å². The average Bonchev–Trinajstić information content (AvgIpc) is 3.52.